The Morgan fingerprint density at radius 2 is 0.781 bits per heavy atom. The van der Waals surface area contributed by atoms with E-state index in [4.69, 9.17) is 4.42 Å². The summed E-state index contributed by atoms with van der Waals surface area (Å²) in [5.74, 6) is 0. The largest absolute Gasteiger partial charge is 0.455 e. The Morgan fingerprint density at radius 3 is 1.44 bits per heavy atom. The summed E-state index contributed by atoms with van der Waals surface area (Å²) in [6.07, 6.45) is 0. The average molecular weight is 833 g/mol. The summed E-state index contributed by atoms with van der Waals surface area (Å²) in [4.78, 5) is 0. The van der Waals surface area contributed by atoms with Gasteiger partial charge in [-0.1, -0.05) is 188 Å². The van der Waals surface area contributed by atoms with Crippen molar-refractivity contribution in [3.8, 4) is 22.5 Å². The maximum absolute atomic E-state index is 6.53. The number of hydrogen-bond donors (Lipinski definition) is 0. The Balaban J connectivity index is 0.984. The minimum atomic E-state index is -2.66. The Labute approximate surface area is 371 Å². The summed E-state index contributed by atoms with van der Waals surface area (Å²) in [5, 5.41) is 12.6. The Bertz CT molecular complexity index is 3790. The Morgan fingerprint density at radius 1 is 0.297 bits per heavy atom. The molecule has 0 atom stereocenters. The second-order valence-corrected chi connectivity index (χ2v) is 20.6. The van der Waals surface area contributed by atoms with Crippen LogP contribution in [0.3, 0.4) is 0 Å². The fourth-order valence-electron chi connectivity index (χ4n) is 10.7. The van der Waals surface area contributed by atoms with Gasteiger partial charge in [-0.15, -0.1) is 0 Å². The van der Waals surface area contributed by atoms with Crippen molar-refractivity contribution in [3.63, 3.8) is 0 Å². The predicted octanol–water partition coefficient (Wildman–Crippen LogP) is 12.8. The molecule has 64 heavy (non-hydrogen) atoms. The number of hydrogen-bond acceptors (Lipinski definition) is 1. The van der Waals surface area contributed by atoms with Crippen molar-refractivity contribution in [2.75, 3.05) is 0 Å². The van der Waals surface area contributed by atoms with Crippen LogP contribution in [0.4, 0.5) is 0 Å². The van der Waals surface area contributed by atoms with E-state index in [1.807, 2.05) is 6.07 Å². The molecule has 4 heteroatoms. The predicted molar refractivity (Wildman–Crippen MR) is 271 cm³/mol. The van der Waals surface area contributed by atoms with Gasteiger partial charge in [-0.3, -0.25) is 0 Å². The van der Waals surface area contributed by atoms with E-state index < -0.39 is 8.07 Å². The second-order valence-electron chi connectivity index (χ2n) is 16.8. The van der Waals surface area contributed by atoms with Crippen molar-refractivity contribution < 1.29 is 4.42 Å². The van der Waals surface area contributed by atoms with E-state index in [0.29, 0.717) is 0 Å². The number of aromatic nitrogens is 2. The van der Waals surface area contributed by atoms with E-state index in [2.05, 4.69) is 246 Å². The fraction of sp³-hybridized carbons (Fsp3) is 0. The van der Waals surface area contributed by atoms with E-state index in [1.165, 1.54) is 58.8 Å². The zero-order valence-electron chi connectivity index (χ0n) is 34.9. The minimum absolute atomic E-state index is 0.907. The van der Waals surface area contributed by atoms with Gasteiger partial charge in [0.25, 0.3) is 0 Å². The molecule has 0 saturated heterocycles. The normalized spacial score (nSPS) is 12.1. The number of nitrogens with zero attached hydrogens (tertiary/aromatic N) is 2. The molecule has 0 radical (unpaired) electrons. The molecule has 0 aliphatic rings. The molecule has 300 valence electrons. The van der Waals surface area contributed by atoms with Gasteiger partial charge in [0.1, 0.15) is 11.2 Å². The molecule has 0 N–H and O–H groups in total. The van der Waals surface area contributed by atoms with Crippen LogP contribution < -0.4 is 20.7 Å². The molecule has 0 spiro atoms. The molecule has 3 heterocycles. The molecule has 0 aliphatic carbocycles. The molecule has 3 aromatic heterocycles. The first-order chi connectivity index (χ1) is 31.8. The lowest BCUT2D eigenvalue weighted by molar-refractivity contribution is 0.670. The molecule has 10 aromatic carbocycles. The highest BCUT2D eigenvalue weighted by Crippen LogP contribution is 2.40. The highest BCUT2D eigenvalue weighted by Gasteiger charge is 2.41. The summed E-state index contributed by atoms with van der Waals surface area (Å²) in [6.45, 7) is 0. The van der Waals surface area contributed by atoms with Crippen LogP contribution >= 0.6 is 0 Å². The van der Waals surface area contributed by atoms with Gasteiger partial charge >= 0.3 is 0 Å². The van der Waals surface area contributed by atoms with Crippen LogP contribution in [-0.4, -0.2) is 17.2 Å². The molecular formula is C60H40N2OSi. The molecule has 0 saturated carbocycles. The smallest absolute Gasteiger partial charge is 0.179 e. The number of furan rings is 1. The first-order valence-corrected chi connectivity index (χ1v) is 24.0. The Kier molecular flexibility index (Phi) is 8.23. The van der Waals surface area contributed by atoms with Crippen LogP contribution in [-0.2, 0) is 0 Å². The molecule has 13 aromatic rings. The van der Waals surface area contributed by atoms with Crippen molar-refractivity contribution in [2.24, 2.45) is 0 Å². The topological polar surface area (TPSA) is 23.0 Å². The van der Waals surface area contributed by atoms with Gasteiger partial charge in [-0.25, -0.2) is 0 Å². The maximum Gasteiger partial charge on any atom is 0.179 e. The monoisotopic (exact) mass is 832 g/mol. The van der Waals surface area contributed by atoms with Crippen molar-refractivity contribution in [1.29, 1.82) is 0 Å². The van der Waals surface area contributed by atoms with E-state index >= 15 is 0 Å². The lowest BCUT2D eigenvalue weighted by atomic mass is 10.0. The van der Waals surface area contributed by atoms with Crippen LogP contribution in [0.5, 0.6) is 0 Å². The van der Waals surface area contributed by atoms with Crippen molar-refractivity contribution in [2.45, 2.75) is 0 Å². The van der Waals surface area contributed by atoms with Gasteiger partial charge in [0.2, 0.25) is 0 Å². The van der Waals surface area contributed by atoms with Gasteiger partial charge in [0.05, 0.1) is 22.1 Å². The van der Waals surface area contributed by atoms with E-state index in [-0.39, 0.29) is 0 Å². The number of para-hydroxylation sites is 4. The summed E-state index contributed by atoms with van der Waals surface area (Å²) >= 11 is 0. The highest BCUT2D eigenvalue weighted by atomic mass is 28.3. The third kappa shape index (κ3) is 5.39. The number of rotatable bonds is 7. The minimum Gasteiger partial charge on any atom is -0.455 e. The van der Waals surface area contributed by atoms with Crippen molar-refractivity contribution in [3.05, 3.63) is 243 Å². The van der Waals surface area contributed by atoms with Crippen molar-refractivity contribution >= 4 is 94.4 Å². The summed E-state index contributed by atoms with van der Waals surface area (Å²) in [5.41, 5.74) is 11.0. The maximum atomic E-state index is 6.53. The molecule has 13 rings (SSSR count). The third-order valence-electron chi connectivity index (χ3n) is 13.5. The highest BCUT2D eigenvalue weighted by molar-refractivity contribution is 7.19. The molecular weight excluding hydrogens is 793 g/mol. The van der Waals surface area contributed by atoms with Gasteiger partial charge in [-0.05, 0) is 80.9 Å². The van der Waals surface area contributed by atoms with Gasteiger partial charge < -0.3 is 13.6 Å². The lowest BCUT2D eigenvalue weighted by Gasteiger charge is -2.34. The molecule has 0 fully saturated rings. The fourth-order valence-corrected chi connectivity index (χ4v) is 15.4. The van der Waals surface area contributed by atoms with Crippen molar-refractivity contribution in [1.82, 2.24) is 9.13 Å². The quantitative estimate of drug-likeness (QED) is 0.116. The first-order valence-electron chi connectivity index (χ1n) is 22.0. The van der Waals surface area contributed by atoms with E-state index in [1.54, 1.807) is 0 Å². The van der Waals surface area contributed by atoms with Crippen LogP contribution in [0.1, 0.15) is 0 Å². The summed E-state index contributed by atoms with van der Waals surface area (Å²) in [6, 6.07) is 89.2. The van der Waals surface area contributed by atoms with Crippen LogP contribution in [0.25, 0.3) is 88.1 Å². The first kappa shape index (κ1) is 36.5. The standard InChI is InChI=1S/C60H40N2OSi/c1-4-17-44(18-5-1)64(45-19-6-2-7-20-45,46-21-8-3-9-22-46)47-35-32-42(33-36-47)61-56-29-14-11-24-50(56)54-40-43(34-38-57(54)61)62-55-28-13-10-23-49(55)51-37-31-41(39-58(51)62)48-26-16-27-53-52-25-12-15-30-59(52)63-60(48)53/h1-40H. The van der Waals surface area contributed by atoms with Gasteiger partial charge in [0, 0.05) is 49.3 Å². The van der Waals surface area contributed by atoms with E-state index in [9.17, 15) is 0 Å². The lowest BCUT2D eigenvalue weighted by Crippen LogP contribution is -2.74. The van der Waals surface area contributed by atoms with Crippen LogP contribution in [0.2, 0.25) is 0 Å². The summed E-state index contributed by atoms with van der Waals surface area (Å²) in [7, 11) is -2.66. The zero-order chi connectivity index (χ0) is 42.2. The van der Waals surface area contributed by atoms with Gasteiger partial charge in [-0.2, -0.15) is 0 Å². The molecule has 0 amide bonds. The third-order valence-corrected chi connectivity index (χ3v) is 18.3. The number of fused-ring (bicyclic) bond motifs is 9. The average Bonchev–Trinajstić information content (AvgIpc) is 4.03. The Hall–Kier alpha value is -8.18. The van der Waals surface area contributed by atoms with Crippen LogP contribution in [0, 0.1) is 0 Å². The van der Waals surface area contributed by atoms with Gasteiger partial charge in [0.15, 0.2) is 8.07 Å². The molecule has 0 aliphatic heterocycles. The summed E-state index contributed by atoms with van der Waals surface area (Å²) < 4.78 is 11.4. The van der Waals surface area contributed by atoms with E-state index in [0.717, 1.165) is 50.0 Å². The van der Waals surface area contributed by atoms with Crippen LogP contribution in [0.15, 0.2) is 247 Å². The molecule has 0 unspecified atom stereocenters. The molecule has 3 nitrogen and oxygen atoms in total. The second kappa shape index (κ2) is 14.5. The number of benzene rings is 10. The SMILES string of the molecule is c1ccc([Si](c2ccccc2)(c2ccccc2)c2ccc(-n3c4ccccc4c4cc(-n5c6ccccc6c6ccc(-c7cccc8c7oc7ccccc78)cc65)ccc43)cc2)cc1. The molecule has 0 bridgehead atoms. The zero-order valence-corrected chi connectivity index (χ0v) is 35.9.